The number of hydrogen-bond donors (Lipinski definition) is 3. The second kappa shape index (κ2) is 9.19. The SMILES string of the molecule is CS(=O)(=O)O.Cc1ccnc2c1C(=NN=C(N)N)CC(c1cc(Cl)sc1Cl)C2. The highest BCUT2D eigenvalue weighted by molar-refractivity contribution is 7.85. The van der Waals surface area contributed by atoms with Crippen LogP contribution in [0.3, 0.4) is 0 Å². The van der Waals surface area contributed by atoms with Crippen molar-refractivity contribution in [1.82, 2.24) is 4.98 Å². The lowest BCUT2D eigenvalue weighted by Crippen LogP contribution is -2.24. The first-order chi connectivity index (χ1) is 13.0. The van der Waals surface area contributed by atoms with Crippen LogP contribution in [0.2, 0.25) is 8.67 Å². The minimum absolute atomic E-state index is 0.0701. The van der Waals surface area contributed by atoms with E-state index in [-0.39, 0.29) is 11.9 Å². The Morgan fingerprint density at radius 1 is 1.36 bits per heavy atom. The Hall–Kier alpha value is -1.72. The van der Waals surface area contributed by atoms with E-state index in [2.05, 4.69) is 15.2 Å². The number of pyridine rings is 1. The monoisotopic (exact) mass is 463 g/mol. The highest BCUT2D eigenvalue weighted by Gasteiger charge is 2.29. The van der Waals surface area contributed by atoms with Crippen molar-refractivity contribution in [2.75, 3.05) is 6.26 Å². The predicted molar refractivity (Wildman–Crippen MR) is 114 cm³/mol. The second-order valence-electron chi connectivity index (χ2n) is 6.14. The first kappa shape index (κ1) is 22.6. The minimum atomic E-state index is -3.67. The van der Waals surface area contributed by atoms with Crippen LogP contribution in [0, 0.1) is 6.92 Å². The number of fused-ring (bicyclic) bond motifs is 1. The molecule has 12 heteroatoms. The molecule has 2 aromatic rings. The molecule has 0 saturated carbocycles. The first-order valence-corrected chi connectivity index (χ1v) is 11.3. The van der Waals surface area contributed by atoms with Gasteiger partial charge in [-0.1, -0.05) is 23.2 Å². The van der Waals surface area contributed by atoms with E-state index >= 15 is 0 Å². The number of aryl methyl sites for hydroxylation is 1. The molecule has 5 N–H and O–H groups in total. The Morgan fingerprint density at radius 2 is 2.00 bits per heavy atom. The van der Waals surface area contributed by atoms with E-state index in [0.29, 0.717) is 21.3 Å². The van der Waals surface area contributed by atoms with Crippen LogP contribution in [-0.4, -0.2) is 35.9 Å². The van der Waals surface area contributed by atoms with E-state index in [1.165, 1.54) is 11.3 Å². The highest BCUT2D eigenvalue weighted by atomic mass is 35.5. The third-order valence-electron chi connectivity index (χ3n) is 3.81. The molecule has 0 spiro atoms. The Morgan fingerprint density at radius 3 is 2.54 bits per heavy atom. The molecule has 2 aromatic heterocycles. The van der Waals surface area contributed by atoms with Gasteiger partial charge in [-0.25, -0.2) is 0 Å². The van der Waals surface area contributed by atoms with Gasteiger partial charge >= 0.3 is 0 Å². The van der Waals surface area contributed by atoms with Gasteiger partial charge in [-0.2, -0.15) is 13.5 Å². The summed E-state index contributed by atoms with van der Waals surface area (Å²) in [5.74, 6) is 0.0836. The summed E-state index contributed by atoms with van der Waals surface area (Å²) in [6, 6.07) is 3.87. The smallest absolute Gasteiger partial charge is 0.261 e. The molecule has 3 rings (SSSR count). The third-order valence-corrected chi connectivity index (χ3v) is 5.33. The van der Waals surface area contributed by atoms with Crippen molar-refractivity contribution in [3.05, 3.63) is 49.4 Å². The molecule has 8 nitrogen and oxygen atoms in total. The molecular weight excluding hydrogens is 445 g/mol. The maximum absolute atomic E-state index is 9.19. The minimum Gasteiger partial charge on any atom is -0.369 e. The Balaban J connectivity index is 0.000000500. The average Bonchev–Trinajstić information content (AvgIpc) is 2.89. The van der Waals surface area contributed by atoms with Gasteiger partial charge in [0.2, 0.25) is 5.96 Å². The zero-order valence-corrected chi connectivity index (χ0v) is 18.2. The number of nitrogens with zero attached hydrogens (tertiary/aromatic N) is 3. The maximum Gasteiger partial charge on any atom is 0.261 e. The molecular formula is C16H19Cl2N5O3S2. The van der Waals surface area contributed by atoms with Crippen LogP contribution < -0.4 is 11.5 Å². The van der Waals surface area contributed by atoms with Gasteiger partial charge in [-0.15, -0.1) is 16.4 Å². The average molecular weight is 464 g/mol. The lowest BCUT2D eigenvalue weighted by molar-refractivity contribution is 0.490. The standard InChI is InChI=1S/C15H15Cl2N5S.CH4O3S/c1-7-2-3-20-10-4-8(9-6-12(16)23-14(9)17)5-11(13(7)10)21-22-15(18)19;1-5(2,3)4/h2-3,6,8H,4-5H2,1H3,(H4,18,19,22);1H3,(H,2,3,4). The fraction of sp³-hybridized carbons (Fsp3) is 0.312. The molecule has 0 bridgehead atoms. The number of halogens is 2. The van der Waals surface area contributed by atoms with Crippen molar-refractivity contribution >= 4 is 56.3 Å². The third kappa shape index (κ3) is 6.42. The van der Waals surface area contributed by atoms with Crippen molar-refractivity contribution in [2.24, 2.45) is 21.7 Å². The van der Waals surface area contributed by atoms with Gasteiger partial charge in [0.15, 0.2) is 0 Å². The second-order valence-corrected chi connectivity index (χ2v) is 9.89. The van der Waals surface area contributed by atoms with E-state index in [4.69, 9.17) is 39.2 Å². The Kier molecular flexibility index (Phi) is 7.40. The summed E-state index contributed by atoms with van der Waals surface area (Å²) >= 11 is 13.8. The summed E-state index contributed by atoms with van der Waals surface area (Å²) in [6.07, 6.45) is 3.98. The summed E-state index contributed by atoms with van der Waals surface area (Å²) in [5.41, 5.74) is 15.8. The number of rotatable bonds is 2. The van der Waals surface area contributed by atoms with Gasteiger partial charge in [-0.3, -0.25) is 9.54 Å². The zero-order valence-electron chi connectivity index (χ0n) is 15.1. The van der Waals surface area contributed by atoms with Gasteiger partial charge in [0, 0.05) is 11.8 Å². The van der Waals surface area contributed by atoms with Crippen molar-refractivity contribution < 1.29 is 13.0 Å². The lowest BCUT2D eigenvalue weighted by atomic mass is 9.81. The van der Waals surface area contributed by atoms with Crippen molar-refractivity contribution in [1.29, 1.82) is 0 Å². The predicted octanol–water partition coefficient (Wildman–Crippen LogP) is 2.97. The van der Waals surface area contributed by atoms with Crippen LogP contribution in [0.4, 0.5) is 0 Å². The van der Waals surface area contributed by atoms with Crippen LogP contribution in [0.15, 0.2) is 28.5 Å². The number of thiophene rings is 1. The molecule has 1 unspecified atom stereocenters. The normalized spacial score (nSPS) is 17.5. The van der Waals surface area contributed by atoms with Gasteiger partial charge in [-0.05, 0) is 48.9 Å². The molecule has 28 heavy (non-hydrogen) atoms. The zero-order chi connectivity index (χ0) is 21.1. The molecule has 152 valence electrons. The topological polar surface area (TPSA) is 144 Å². The van der Waals surface area contributed by atoms with Crippen molar-refractivity contribution in [2.45, 2.75) is 25.7 Å². The fourth-order valence-electron chi connectivity index (χ4n) is 2.86. The van der Waals surface area contributed by atoms with Gasteiger partial charge in [0.05, 0.1) is 26.3 Å². The quantitative estimate of drug-likeness (QED) is 0.270. The summed E-state index contributed by atoms with van der Waals surface area (Å²) in [7, 11) is -3.67. The molecule has 2 heterocycles. The number of nitrogens with two attached hydrogens (primary N) is 2. The van der Waals surface area contributed by atoms with Crippen LogP contribution in [-0.2, 0) is 16.5 Å². The van der Waals surface area contributed by atoms with E-state index < -0.39 is 10.1 Å². The molecule has 1 atom stereocenters. The van der Waals surface area contributed by atoms with E-state index in [0.717, 1.165) is 34.5 Å². The van der Waals surface area contributed by atoms with E-state index in [9.17, 15) is 8.42 Å². The molecule has 1 aliphatic rings. The molecule has 0 saturated heterocycles. The van der Waals surface area contributed by atoms with E-state index in [1.807, 2.05) is 19.1 Å². The van der Waals surface area contributed by atoms with E-state index in [1.54, 1.807) is 6.20 Å². The molecule has 1 aliphatic carbocycles. The molecule has 0 fully saturated rings. The van der Waals surface area contributed by atoms with Crippen LogP contribution in [0.5, 0.6) is 0 Å². The molecule has 0 aromatic carbocycles. The van der Waals surface area contributed by atoms with Crippen LogP contribution in [0.1, 0.15) is 34.7 Å². The van der Waals surface area contributed by atoms with Gasteiger partial charge < -0.3 is 11.5 Å². The highest BCUT2D eigenvalue weighted by Crippen LogP contribution is 2.41. The molecule has 0 radical (unpaired) electrons. The summed E-state index contributed by atoms with van der Waals surface area (Å²) in [6.45, 7) is 2.03. The van der Waals surface area contributed by atoms with Crippen LogP contribution >= 0.6 is 34.5 Å². The maximum atomic E-state index is 9.19. The summed E-state index contributed by atoms with van der Waals surface area (Å²) in [5, 5.41) is 8.06. The molecule has 0 aliphatic heterocycles. The molecule has 0 amide bonds. The van der Waals surface area contributed by atoms with Crippen molar-refractivity contribution in [3.8, 4) is 0 Å². The number of guanidine groups is 1. The number of hydrogen-bond acceptors (Lipinski definition) is 6. The first-order valence-electron chi connectivity index (χ1n) is 7.93. The van der Waals surface area contributed by atoms with Crippen molar-refractivity contribution in [3.63, 3.8) is 0 Å². The van der Waals surface area contributed by atoms with Gasteiger partial charge in [0.1, 0.15) is 0 Å². The summed E-state index contributed by atoms with van der Waals surface area (Å²) in [4.78, 5) is 4.51. The van der Waals surface area contributed by atoms with Gasteiger partial charge in [0.25, 0.3) is 10.1 Å². The Bertz CT molecular complexity index is 1020. The van der Waals surface area contributed by atoms with Crippen LogP contribution in [0.25, 0.3) is 0 Å². The lowest BCUT2D eigenvalue weighted by Gasteiger charge is -2.25. The number of aromatic nitrogens is 1. The Labute approximate surface area is 177 Å². The largest absolute Gasteiger partial charge is 0.369 e. The summed E-state index contributed by atoms with van der Waals surface area (Å²) < 4.78 is 27.3. The fourth-order valence-corrected chi connectivity index (χ4v) is 4.49.